The third-order valence-electron chi connectivity index (χ3n) is 5.33. The third-order valence-corrected chi connectivity index (χ3v) is 6.98. The van der Waals surface area contributed by atoms with Gasteiger partial charge in [0.05, 0.1) is 23.7 Å². The Morgan fingerprint density at radius 3 is 2.43 bits per heavy atom. The van der Waals surface area contributed by atoms with Crippen LogP contribution in [0.25, 0.3) is 0 Å². The van der Waals surface area contributed by atoms with Crippen LogP contribution < -0.4 is 0 Å². The Kier molecular flexibility index (Phi) is 7.67. The van der Waals surface area contributed by atoms with Crippen molar-refractivity contribution in [1.29, 1.82) is 0 Å². The number of ether oxygens (including phenoxy) is 4. The minimum Gasteiger partial charge on any atom is -0.385 e. The van der Waals surface area contributed by atoms with Crippen LogP contribution in [0.2, 0.25) is 0 Å². The molecule has 1 aliphatic heterocycles. The van der Waals surface area contributed by atoms with Gasteiger partial charge in [0.25, 0.3) is 10.0 Å². The first-order valence-electron chi connectivity index (χ1n) is 9.89. The summed E-state index contributed by atoms with van der Waals surface area (Å²) in [5.74, 6) is 0. The van der Waals surface area contributed by atoms with E-state index in [1.807, 2.05) is 0 Å². The predicted octanol–water partition coefficient (Wildman–Crippen LogP) is 2.46. The zero-order valence-electron chi connectivity index (χ0n) is 17.3. The first-order valence-corrected chi connectivity index (χ1v) is 11.3. The zero-order valence-corrected chi connectivity index (χ0v) is 18.1. The van der Waals surface area contributed by atoms with Gasteiger partial charge in [-0.2, -0.15) is 0 Å². The summed E-state index contributed by atoms with van der Waals surface area (Å²) in [4.78, 5) is 0.183. The van der Waals surface area contributed by atoms with E-state index in [1.54, 1.807) is 24.3 Å². The van der Waals surface area contributed by atoms with Gasteiger partial charge in [-0.3, -0.25) is 0 Å². The molecule has 2 heterocycles. The van der Waals surface area contributed by atoms with E-state index in [-0.39, 0.29) is 11.2 Å². The van der Waals surface area contributed by atoms with Gasteiger partial charge in [-0.15, -0.1) is 0 Å². The van der Waals surface area contributed by atoms with Crippen LogP contribution in [-0.2, 0) is 34.6 Å². The van der Waals surface area contributed by atoms with E-state index in [4.69, 9.17) is 18.9 Å². The lowest BCUT2D eigenvalue weighted by Gasteiger charge is -2.30. The molecule has 1 fully saturated rings. The van der Waals surface area contributed by atoms with Crippen molar-refractivity contribution in [2.75, 3.05) is 27.4 Å². The fraction of sp³-hybridized carbons (Fsp3) is 0.524. The molecule has 0 radical (unpaired) electrons. The first-order chi connectivity index (χ1) is 14.4. The number of hydrogen-bond acceptors (Lipinski definition) is 7. The average molecular weight is 440 g/mol. The first kappa shape index (κ1) is 22.9. The van der Waals surface area contributed by atoms with Crippen molar-refractivity contribution in [1.82, 2.24) is 3.97 Å². The fourth-order valence-electron chi connectivity index (χ4n) is 3.55. The number of methoxy groups -OCH3 is 2. The van der Waals surface area contributed by atoms with Crippen molar-refractivity contribution in [3.8, 4) is 0 Å². The maximum Gasteiger partial charge on any atom is 0.267 e. The van der Waals surface area contributed by atoms with Crippen LogP contribution >= 0.6 is 0 Å². The summed E-state index contributed by atoms with van der Waals surface area (Å²) in [6.45, 7) is 1.06. The highest BCUT2D eigenvalue weighted by Crippen LogP contribution is 2.35. The lowest BCUT2D eigenvalue weighted by Crippen LogP contribution is -2.30. The molecule has 1 saturated heterocycles. The van der Waals surface area contributed by atoms with Crippen LogP contribution in [0.4, 0.5) is 0 Å². The molecule has 1 atom stereocenters. The molecule has 1 unspecified atom stereocenters. The Morgan fingerprint density at radius 1 is 1.13 bits per heavy atom. The molecule has 1 N–H and O–H groups in total. The summed E-state index contributed by atoms with van der Waals surface area (Å²) >= 11 is 0. The van der Waals surface area contributed by atoms with Crippen LogP contribution in [0.15, 0.2) is 53.7 Å². The van der Waals surface area contributed by atoms with Gasteiger partial charge in [0.15, 0.2) is 12.6 Å². The molecule has 0 spiro atoms. The van der Waals surface area contributed by atoms with Gasteiger partial charge in [0, 0.05) is 45.0 Å². The van der Waals surface area contributed by atoms with E-state index in [9.17, 15) is 13.5 Å². The SMILES string of the molecule is COC(CCC(O)(CCC1OCCO1)c1ccn(S(=O)(=O)c2ccccc2)c1)OC. The quantitative estimate of drug-likeness (QED) is 0.537. The van der Waals surface area contributed by atoms with Crippen molar-refractivity contribution in [3.05, 3.63) is 54.4 Å². The molecular formula is C21H29NO7S. The Bertz CT molecular complexity index is 881. The lowest BCUT2D eigenvalue weighted by atomic mass is 9.86. The largest absolute Gasteiger partial charge is 0.385 e. The van der Waals surface area contributed by atoms with Crippen LogP contribution in [0, 0.1) is 0 Å². The number of nitrogens with zero attached hydrogens (tertiary/aromatic N) is 1. The minimum absolute atomic E-state index is 0.183. The van der Waals surface area contributed by atoms with E-state index in [2.05, 4.69) is 0 Å². The van der Waals surface area contributed by atoms with Crippen molar-refractivity contribution in [3.63, 3.8) is 0 Å². The maximum atomic E-state index is 12.9. The lowest BCUT2D eigenvalue weighted by molar-refractivity contribution is -0.122. The topological polar surface area (TPSA) is 96.2 Å². The molecule has 0 saturated carbocycles. The third kappa shape index (κ3) is 5.29. The summed E-state index contributed by atoms with van der Waals surface area (Å²) < 4.78 is 48.4. The summed E-state index contributed by atoms with van der Waals surface area (Å²) in [5.41, 5.74) is -0.784. The standard InChI is InChI=1S/C21H29NO7S/c1-26-19(27-2)8-11-21(23,12-9-20-28-14-15-29-20)17-10-13-22(16-17)30(24,25)18-6-4-3-5-7-18/h3-7,10,13,16,19-20,23H,8-9,11-12,14-15H2,1-2H3. The van der Waals surface area contributed by atoms with Gasteiger partial charge in [-0.1, -0.05) is 18.2 Å². The summed E-state index contributed by atoms with van der Waals surface area (Å²) in [5, 5.41) is 11.5. The molecule has 30 heavy (non-hydrogen) atoms. The summed E-state index contributed by atoms with van der Waals surface area (Å²) in [7, 11) is -0.667. The van der Waals surface area contributed by atoms with Crippen molar-refractivity contribution in [2.45, 2.75) is 48.8 Å². The number of rotatable bonds is 11. The number of aromatic nitrogens is 1. The van der Waals surface area contributed by atoms with Gasteiger partial charge in [0.1, 0.15) is 0 Å². The predicted molar refractivity (Wildman–Crippen MR) is 109 cm³/mol. The zero-order chi connectivity index (χ0) is 21.6. The van der Waals surface area contributed by atoms with E-state index in [1.165, 1.54) is 38.7 Å². The molecule has 0 bridgehead atoms. The summed E-state index contributed by atoms with van der Waals surface area (Å²) in [6, 6.07) is 9.81. The van der Waals surface area contributed by atoms with E-state index in [0.29, 0.717) is 44.5 Å². The Morgan fingerprint density at radius 2 is 1.80 bits per heavy atom. The van der Waals surface area contributed by atoms with E-state index in [0.717, 1.165) is 3.97 Å². The Labute approximate surface area is 177 Å². The molecule has 2 aromatic rings. The molecule has 1 aliphatic rings. The Hall–Kier alpha value is -1.75. The molecule has 1 aromatic heterocycles. The van der Waals surface area contributed by atoms with Crippen LogP contribution in [0.5, 0.6) is 0 Å². The Balaban J connectivity index is 1.83. The molecule has 8 nitrogen and oxygen atoms in total. The maximum absolute atomic E-state index is 12.9. The second-order valence-corrected chi connectivity index (χ2v) is 9.07. The van der Waals surface area contributed by atoms with Crippen molar-refractivity contribution >= 4 is 10.0 Å². The second-order valence-electron chi connectivity index (χ2n) is 7.23. The van der Waals surface area contributed by atoms with Crippen LogP contribution in [-0.4, -0.2) is 57.5 Å². The number of hydrogen-bond donors (Lipinski definition) is 1. The minimum atomic E-state index is -3.74. The van der Waals surface area contributed by atoms with Crippen LogP contribution in [0.3, 0.4) is 0 Å². The number of aliphatic hydroxyl groups is 1. The smallest absolute Gasteiger partial charge is 0.267 e. The molecule has 0 amide bonds. The van der Waals surface area contributed by atoms with Crippen molar-refractivity contribution < 1.29 is 32.5 Å². The molecule has 0 aliphatic carbocycles. The van der Waals surface area contributed by atoms with Gasteiger partial charge in [-0.25, -0.2) is 12.4 Å². The van der Waals surface area contributed by atoms with Crippen molar-refractivity contribution in [2.24, 2.45) is 0 Å². The van der Waals surface area contributed by atoms with Gasteiger partial charge in [-0.05, 0) is 31.0 Å². The molecule has 166 valence electrons. The van der Waals surface area contributed by atoms with Crippen LogP contribution in [0.1, 0.15) is 31.2 Å². The normalized spacial score (nSPS) is 17.5. The van der Waals surface area contributed by atoms with E-state index < -0.39 is 21.9 Å². The molecule has 9 heteroatoms. The highest BCUT2D eigenvalue weighted by molar-refractivity contribution is 7.90. The fourth-order valence-corrected chi connectivity index (χ4v) is 4.77. The molecule has 1 aromatic carbocycles. The average Bonchev–Trinajstić information content (AvgIpc) is 3.46. The van der Waals surface area contributed by atoms with Gasteiger partial charge >= 0.3 is 0 Å². The second kappa shape index (κ2) is 10.0. The highest BCUT2D eigenvalue weighted by atomic mass is 32.2. The number of benzene rings is 1. The monoisotopic (exact) mass is 439 g/mol. The van der Waals surface area contributed by atoms with E-state index >= 15 is 0 Å². The van der Waals surface area contributed by atoms with Gasteiger partial charge in [0.2, 0.25) is 0 Å². The summed E-state index contributed by atoms with van der Waals surface area (Å²) in [6.07, 6.45) is 3.67. The molecule has 3 rings (SSSR count). The molecular weight excluding hydrogens is 410 g/mol. The van der Waals surface area contributed by atoms with Gasteiger partial charge < -0.3 is 24.1 Å². The highest BCUT2D eigenvalue weighted by Gasteiger charge is 2.34.